The van der Waals surface area contributed by atoms with Crippen LogP contribution in [0, 0.1) is 11.8 Å². The van der Waals surface area contributed by atoms with E-state index in [1.54, 1.807) is 0 Å². The van der Waals surface area contributed by atoms with Gasteiger partial charge in [-0.1, -0.05) is 37.9 Å². The van der Waals surface area contributed by atoms with Gasteiger partial charge in [-0.25, -0.2) is 0 Å². The Bertz CT molecular complexity index is 427. The molecule has 0 unspecified atom stereocenters. The van der Waals surface area contributed by atoms with Crippen LogP contribution in [0.5, 0.6) is 0 Å². The minimum atomic E-state index is 0.679. The van der Waals surface area contributed by atoms with Crippen LogP contribution in [0.2, 0.25) is 5.02 Å². The fraction of sp³-hybridized carbons (Fsp3) is 0.647. The zero-order valence-electron chi connectivity index (χ0n) is 13.0. The SMILES string of the molecule is CC(C)CNCc1ccc(N(C)CC2CCC2)c(Cl)c1. The topological polar surface area (TPSA) is 15.3 Å². The molecule has 0 heterocycles. The van der Waals surface area contributed by atoms with Crippen molar-refractivity contribution in [3.05, 3.63) is 28.8 Å². The van der Waals surface area contributed by atoms with E-state index in [0.717, 1.165) is 36.3 Å². The summed E-state index contributed by atoms with van der Waals surface area (Å²) in [6.45, 7) is 7.51. The largest absolute Gasteiger partial charge is 0.373 e. The van der Waals surface area contributed by atoms with Crippen molar-refractivity contribution in [3.8, 4) is 0 Å². The van der Waals surface area contributed by atoms with Crippen molar-refractivity contribution in [3.63, 3.8) is 0 Å². The molecule has 1 aromatic rings. The molecule has 2 rings (SSSR count). The number of anilines is 1. The molecule has 0 radical (unpaired) electrons. The molecule has 1 fully saturated rings. The van der Waals surface area contributed by atoms with E-state index in [9.17, 15) is 0 Å². The molecule has 0 amide bonds. The lowest BCUT2D eigenvalue weighted by Gasteiger charge is -2.31. The Morgan fingerprint density at radius 3 is 2.65 bits per heavy atom. The molecule has 3 heteroatoms. The Balaban J connectivity index is 1.90. The molecule has 0 atom stereocenters. The maximum atomic E-state index is 6.44. The van der Waals surface area contributed by atoms with Crippen LogP contribution in [0.4, 0.5) is 5.69 Å². The van der Waals surface area contributed by atoms with Crippen LogP contribution < -0.4 is 10.2 Å². The Morgan fingerprint density at radius 1 is 1.35 bits per heavy atom. The zero-order chi connectivity index (χ0) is 14.5. The van der Waals surface area contributed by atoms with Gasteiger partial charge in [0, 0.05) is 20.1 Å². The highest BCUT2D eigenvalue weighted by molar-refractivity contribution is 6.33. The summed E-state index contributed by atoms with van der Waals surface area (Å²) in [5.41, 5.74) is 2.42. The second-order valence-corrected chi connectivity index (χ2v) is 6.90. The maximum absolute atomic E-state index is 6.44. The predicted molar refractivity (Wildman–Crippen MR) is 88.6 cm³/mol. The minimum absolute atomic E-state index is 0.679. The lowest BCUT2D eigenvalue weighted by Crippen LogP contribution is -2.29. The van der Waals surface area contributed by atoms with Gasteiger partial charge in [0.15, 0.2) is 0 Å². The smallest absolute Gasteiger partial charge is 0.0642 e. The van der Waals surface area contributed by atoms with Crippen LogP contribution in [0.1, 0.15) is 38.7 Å². The highest BCUT2D eigenvalue weighted by Gasteiger charge is 2.20. The third-order valence-electron chi connectivity index (χ3n) is 4.06. The van der Waals surface area contributed by atoms with Gasteiger partial charge in [0.05, 0.1) is 10.7 Å². The molecule has 1 aliphatic rings. The summed E-state index contributed by atoms with van der Waals surface area (Å²) in [5.74, 6) is 1.54. The average molecular weight is 295 g/mol. The van der Waals surface area contributed by atoms with Crippen molar-refractivity contribution in [2.75, 3.05) is 25.0 Å². The molecule has 112 valence electrons. The summed E-state index contributed by atoms with van der Waals surface area (Å²) >= 11 is 6.44. The minimum Gasteiger partial charge on any atom is -0.373 e. The summed E-state index contributed by atoms with van der Waals surface area (Å²) in [6, 6.07) is 6.45. The highest BCUT2D eigenvalue weighted by atomic mass is 35.5. The van der Waals surface area contributed by atoms with Crippen LogP contribution in [0.3, 0.4) is 0 Å². The second kappa shape index (κ2) is 7.33. The second-order valence-electron chi connectivity index (χ2n) is 6.49. The molecule has 1 aromatic carbocycles. The lowest BCUT2D eigenvalue weighted by atomic mass is 9.85. The van der Waals surface area contributed by atoms with Crippen molar-refractivity contribution in [1.82, 2.24) is 5.32 Å². The van der Waals surface area contributed by atoms with Gasteiger partial charge in [-0.15, -0.1) is 0 Å². The van der Waals surface area contributed by atoms with E-state index >= 15 is 0 Å². The van der Waals surface area contributed by atoms with E-state index in [0.29, 0.717) is 5.92 Å². The van der Waals surface area contributed by atoms with Gasteiger partial charge < -0.3 is 10.2 Å². The van der Waals surface area contributed by atoms with Gasteiger partial charge in [-0.3, -0.25) is 0 Å². The molecule has 20 heavy (non-hydrogen) atoms. The Labute approximate surface area is 128 Å². The molecule has 0 aliphatic heterocycles. The average Bonchev–Trinajstić information content (AvgIpc) is 2.33. The lowest BCUT2D eigenvalue weighted by molar-refractivity contribution is 0.321. The van der Waals surface area contributed by atoms with Gasteiger partial charge >= 0.3 is 0 Å². The number of nitrogens with one attached hydrogen (secondary N) is 1. The van der Waals surface area contributed by atoms with E-state index in [1.165, 1.54) is 24.8 Å². The number of nitrogens with zero attached hydrogens (tertiary/aromatic N) is 1. The Hall–Kier alpha value is -0.730. The third-order valence-corrected chi connectivity index (χ3v) is 4.36. The van der Waals surface area contributed by atoms with Crippen LogP contribution in [0.15, 0.2) is 18.2 Å². The van der Waals surface area contributed by atoms with Gasteiger partial charge in [0.1, 0.15) is 0 Å². The summed E-state index contributed by atoms with van der Waals surface area (Å²) in [6.07, 6.45) is 4.14. The van der Waals surface area contributed by atoms with Gasteiger partial charge in [0.25, 0.3) is 0 Å². The number of hydrogen-bond acceptors (Lipinski definition) is 2. The van der Waals surface area contributed by atoms with Crippen molar-refractivity contribution in [1.29, 1.82) is 0 Å². The van der Waals surface area contributed by atoms with E-state index in [1.807, 2.05) is 0 Å². The van der Waals surface area contributed by atoms with Gasteiger partial charge in [0.2, 0.25) is 0 Å². The number of rotatable bonds is 7. The quantitative estimate of drug-likeness (QED) is 0.805. The molecule has 2 nitrogen and oxygen atoms in total. The maximum Gasteiger partial charge on any atom is 0.0642 e. The van der Waals surface area contributed by atoms with E-state index in [4.69, 9.17) is 11.6 Å². The number of hydrogen-bond donors (Lipinski definition) is 1. The molecule has 1 aliphatic carbocycles. The first kappa shape index (κ1) is 15.7. The predicted octanol–water partition coefficient (Wildman–Crippen LogP) is 4.32. The fourth-order valence-corrected chi connectivity index (χ4v) is 2.98. The third kappa shape index (κ3) is 4.39. The monoisotopic (exact) mass is 294 g/mol. The first-order chi connectivity index (χ1) is 9.56. The van der Waals surface area contributed by atoms with Crippen LogP contribution in [-0.2, 0) is 6.54 Å². The first-order valence-corrected chi connectivity index (χ1v) is 8.14. The zero-order valence-corrected chi connectivity index (χ0v) is 13.7. The number of halogens is 1. The normalized spacial score (nSPS) is 15.4. The number of benzene rings is 1. The standard InChI is InChI=1S/C17H27ClN2/c1-13(2)10-19-11-15-7-8-17(16(18)9-15)20(3)12-14-5-4-6-14/h7-9,13-14,19H,4-6,10-12H2,1-3H3. The fourth-order valence-electron chi connectivity index (χ4n) is 2.64. The summed E-state index contributed by atoms with van der Waals surface area (Å²) in [5, 5.41) is 4.33. The molecular weight excluding hydrogens is 268 g/mol. The van der Waals surface area contributed by atoms with Crippen LogP contribution >= 0.6 is 11.6 Å². The van der Waals surface area contributed by atoms with Gasteiger partial charge in [-0.2, -0.15) is 0 Å². The van der Waals surface area contributed by atoms with Crippen molar-refractivity contribution >= 4 is 17.3 Å². The molecule has 1 saturated carbocycles. The molecule has 1 N–H and O–H groups in total. The Kier molecular flexibility index (Phi) is 5.74. The van der Waals surface area contributed by atoms with Crippen molar-refractivity contribution in [2.24, 2.45) is 11.8 Å². The summed E-state index contributed by atoms with van der Waals surface area (Å²) in [4.78, 5) is 2.30. The summed E-state index contributed by atoms with van der Waals surface area (Å²) in [7, 11) is 2.15. The van der Waals surface area contributed by atoms with Crippen molar-refractivity contribution < 1.29 is 0 Å². The van der Waals surface area contributed by atoms with E-state index in [2.05, 4.69) is 49.3 Å². The molecular formula is C17H27ClN2. The first-order valence-electron chi connectivity index (χ1n) is 7.76. The van der Waals surface area contributed by atoms with Crippen molar-refractivity contribution in [2.45, 2.75) is 39.7 Å². The molecule has 0 saturated heterocycles. The summed E-state index contributed by atoms with van der Waals surface area (Å²) < 4.78 is 0. The van der Waals surface area contributed by atoms with E-state index < -0.39 is 0 Å². The molecule has 0 bridgehead atoms. The van der Waals surface area contributed by atoms with Gasteiger partial charge in [-0.05, 0) is 48.9 Å². The van der Waals surface area contributed by atoms with E-state index in [-0.39, 0.29) is 0 Å². The van der Waals surface area contributed by atoms with Crippen LogP contribution in [-0.4, -0.2) is 20.1 Å². The highest BCUT2D eigenvalue weighted by Crippen LogP contribution is 2.31. The molecule has 0 aromatic heterocycles. The Morgan fingerprint density at radius 2 is 2.10 bits per heavy atom. The van der Waals surface area contributed by atoms with Crippen LogP contribution in [0.25, 0.3) is 0 Å². The molecule has 0 spiro atoms.